The van der Waals surface area contributed by atoms with Crippen molar-refractivity contribution in [2.24, 2.45) is 11.8 Å². The summed E-state index contributed by atoms with van der Waals surface area (Å²) in [5.41, 5.74) is -0.572. The molecular weight excluding hydrogens is 252 g/mol. The van der Waals surface area contributed by atoms with Crippen molar-refractivity contribution in [3.63, 3.8) is 0 Å². The van der Waals surface area contributed by atoms with Crippen LogP contribution in [-0.2, 0) is 9.59 Å². The number of nitrogens with one attached hydrogen (secondary N) is 1. The molecule has 4 aliphatic rings. The van der Waals surface area contributed by atoms with Gasteiger partial charge in [-0.15, -0.1) is 0 Å². The second-order valence-corrected chi connectivity index (χ2v) is 7.36. The van der Waals surface area contributed by atoms with E-state index in [4.69, 9.17) is 0 Å². The van der Waals surface area contributed by atoms with Crippen LogP contribution in [0.1, 0.15) is 58.3 Å². The van der Waals surface area contributed by atoms with Gasteiger partial charge in [-0.1, -0.05) is 12.8 Å². The summed E-state index contributed by atoms with van der Waals surface area (Å²) in [6.07, 6.45) is 8.93. The Morgan fingerprint density at radius 3 is 2.25 bits per heavy atom. The standard InChI is InChI=1S/C16H24N2O2/c1-16(11-8-9-11)15(20)17-13(10-6-7-10)14(19)18(16)12-4-2-3-5-12/h10-13H,2-9H2,1H3,(H,17,20). The van der Waals surface area contributed by atoms with E-state index in [-0.39, 0.29) is 17.9 Å². The number of nitrogens with zero attached hydrogens (tertiary/aromatic N) is 1. The van der Waals surface area contributed by atoms with E-state index in [1.807, 2.05) is 11.8 Å². The molecule has 20 heavy (non-hydrogen) atoms. The predicted octanol–water partition coefficient (Wildman–Crippen LogP) is 1.83. The van der Waals surface area contributed by atoms with Crippen LogP contribution in [0.15, 0.2) is 0 Å². The highest BCUT2D eigenvalue weighted by Gasteiger charge is 2.60. The fourth-order valence-corrected chi connectivity index (χ4v) is 4.34. The van der Waals surface area contributed by atoms with Gasteiger partial charge >= 0.3 is 0 Å². The third kappa shape index (κ3) is 1.73. The molecular formula is C16H24N2O2. The minimum Gasteiger partial charge on any atom is -0.342 e. The molecule has 4 nitrogen and oxygen atoms in total. The highest BCUT2D eigenvalue weighted by Crippen LogP contribution is 2.48. The summed E-state index contributed by atoms with van der Waals surface area (Å²) in [7, 11) is 0. The van der Waals surface area contributed by atoms with E-state index in [9.17, 15) is 9.59 Å². The Labute approximate surface area is 120 Å². The first-order valence-corrected chi connectivity index (χ1v) is 8.26. The summed E-state index contributed by atoms with van der Waals surface area (Å²) in [6, 6.07) is 0.0790. The second kappa shape index (κ2) is 4.22. The molecule has 1 aliphatic heterocycles. The number of piperazine rings is 1. The number of amides is 2. The van der Waals surface area contributed by atoms with Gasteiger partial charge in [0, 0.05) is 6.04 Å². The van der Waals surface area contributed by atoms with E-state index >= 15 is 0 Å². The minimum absolute atomic E-state index is 0.114. The van der Waals surface area contributed by atoms with Crippen LogP contribution in [0, 0.1) is 11.8 Å². The normalized spacial score (nSPS) is 39.2. The molecule has 110 valence electrons. The van der Waals surface area contributed by atoms with Crippen molar-refractivity contribution in [2.45, 2.75) is 75.9 Å². The maximum Gasteiger partial charge on any atom is 0.246 e. The Kier molecular flexibility index (Phi) is 2.67. The largest absolute Gasteiger partial charge is 0.342 e. The lowest BCUT2D eigenvalue weighted by atomic mass is 9.85. The zero-order valence-corrected chi connectivity index (χ0v) is 12.2. The SMILES string of the molecule is CC1(C2CC2)C(=O)NC(C2CC2)C(=O)N1C1CCCC1. The summed E-state index contributed by atoms with van der Waals surface area (Å²) in [4.78, 5) is 27.8. The molecule has 1 N–H and O–H groups in total. The average Bonchev–Trinajstić information content (AvgIpc) is 3.33. The van der Waals surface area contributed by atoms with Crippen LogP contribution < -0.4 is 5.32 Å². The maximum absolute atomic E-state index is 13.0. The van der Waals surface area contributed by atoms with Gasteiger partial charge in [-0.3, -0.25) is 9.59 Å². The van der Waals surface area contributed by atoms with Crippen LogP contribution in [-0.4, -0.2) is 34.3 Å². The molecule has 0 bridgehead atoms. The molecule has 1 saturated heterocycles. The Morgan fingerprint density at radius 2 is 1.70 bits per heavy atom. The molecule has 3 aliphatic carbocycles. The summed E-state index contributed by atoms with van der Waals surface area (Å²) >= 11 is 0. The smallest absolute Gasteiger partial charge is 0.246 e. The molecule has 0 aromatic heterocycles. The van der Waals surface area contributed by atoms with E-state index < -0.39 is 5.54 Å². The maximum atomic E-state index is 13.0. The van der Waals surface area contributed by atoms with Gasteiger partial charge in [0.1, 0.15) is 11.6 Å². The van der Waals surface area contributed by atoms with Gasteiger partial charge in [-0.05, 0) is 57.3 Å². The summed E-state index contributed by atoms with van der Waals surface area (Å²) in [6.45, 7) is 2.01. The van der Waals surface area contributed by atoms with Crippen molar-refractivity contribution in [2.75, 3.05) is 0 Å². The molecule has 0 radical (unpaired) electrons. The van der Waals surface area contributed by atoms with Gasteiger partial charge in [-0.25, -0.2) is 0 Å². The molecule has 4 rings (SSSR count). The van der Waals surface area contributed by atoms with Gasteiger partial charge in [-0.2, -0.15) is 0 Å². The summed E-state index contributed by atoms with van der Waals surface area (Å²) < 4.78 is 0. The van der Waals surface area contributed by atoms with Gasteiger partial charge in [0.15, 0.2) is 0 Å². The van der Waals surface area contributed by atoms with Crippen molar-refractivity contribution in [3.05, 3.63) is 0 Å². The van der Waals surface area contributed by atoms with Crippen LogP contribution in [0.25, 0.3) is 0 Å². The molecule has 0 spiro atoms. The van der Waals surface area contributed by atoms with Crippen LogP contribution in [0.3, 0.4) is 0 Å². The number of hydrogen-bond donors (Lipinski definition) is 1. The van der Waals surface area contributed by atoms with Crippen molar-refractivity contribution in [3.8, 4) is 0 Å². The van der Waals surface area contributed by atoms with Crippen molar-refractivity contribution >= 4 is 11.8 Å². The van der Waals surface area contributed by atoms with Crippen LogP contribution >= 0.6 is 0 Å². The zero-order chi connectivity index (χ0) is 13.9. The van der Waals surface area contributed by atoms with Gasteiger partial charge in [0.25, 0.3) is 0 Å². The van der Waals surface area contributed by atoms with E-state index in [1.54, 1.807) is 0 Å². The van der Waals surface area contributed by atoms with Crippen molar-refractivity contribution < 1.29 is 9.59 Å². The van der Waals surface area contributed by atoms with Gasteiger partial charge < -0.3 is 10.2 Å². The first-order chi connectivity index (χ1) is 9.62. The zero-order valence-electron chi connectivity index (χ0n) is 12.2. The van der Waals surface area contributed by atoms with Gasteiger partial charge in [0.05, 0.1) is 0 Å². The molecule has 0 aromatic carbocycles. The second-order valence-electron chi connectivity index (χ2n) is 7.36. The molecule has 2 amide bonds. The Bertz CT molecular complexity index is 449. The number of rotatable bonds is 3. The third-order valence-electron chi connectivity index (χ3n) is 5.91. The molecule has 0 aromatic rings. The highest BCUT2D eigenvalue weighted by atomic mass is 16.2. The lowest BCUT2D eigenvalue weighted by Gasteiger charge is -2.49. The van der Waals surface area contributed by atoms with Crippen molar-refractivity contribution in [1.82, 2.24) is 10.2 Å². The summed E-state index contributed by atoms with van der Waals surface area (Å²) in [5.74, 6) is 1.11. The lowest BCUT2D eigenvalue weighted by molar-refractivity contribution is -0.162. The number of hydrogen-bond acceptors (Lipinski definition) is 2. The first-order valence-electron chi connectivity index (χ1n) is 8.26. The minimum atomic E-state index is -0.572. The topological polar surface area (TPSA) is 49.4 Å². The highest BCUT2D eigenvalue weighted by molar-refractivity contribution is 6.00. The van der Waals surface area contributed by atoms with E-state index in [2.05, 4.69) is 5.32 Å². The van der Waals surface area contributed by atoms with E-state index in [1.165, 1.54) is 12.8 Å². The quantitative estimate of drug-likeness (QED) is 0.855. The number of carbonyl (C=O) groups excluding carboxylic acids is 2. The Balaban J connectivity index is 1.69. The molecule has 1 heterocycles. The Morgan fingerprint density at radius 1 is 1.05 bits per heavy atom. The monoisotopic (exact) mass is 276 g/mol. The third-order valence-corrected chi connectivity index (χ3v) is 5.91. The molecule has 2 unspecified atom stereocenters. The fraction of sp³-hybridized carbons (Fsp3) is 0.875. The molecule has 2 atom stereocenters. The van der Waals surface area contributed by atoms with E-state index in [0.717, 1.165) is 38.5 Å². The van der Waals surface area contributed by atoms with Gasteiger partial charge in [0.2, 0.25) is 11.8 Å². The fourth-order valence-electron chi connectivity index (χ4n) is 4.34. The van der Waals surface area contributed by atoms with Crippen molar-refractivity contribution in [1.29, 1.82) is 0 Å². The average molecular weight is 276 g/mol. The summed E-state index contributed by atoms with van der Waals surface area (Å²) in [5, 5.41) is 3.06. The van der Waals surface area contributed by atoms with E-state index in [0.29, 0.717) is 17.9 Å². The first kappa shape index (κ1) is 12.7. The number of carbonyl (C=O) groups is 2. The molecule has 4 heteroatoms. The van der Waals surface area contributed by atoms with Crippen LogP contribution in [0.2, 0.25) is 0 Å². The Hall–Kier alpha value is -1.06. The molecule has 3 saturated carbocycles. The van der Waals surface area contributed by atoms with Crippen LogP contribution in [0.5, 0.6) is 0 Å². The predicted molar refractivity (Wildman–Crippen MR) is 74.9 cm³/mol. The lowest BCUT2D eigenvalue weighted by Crippen LogP contribution is -2.72. The van der Waals surface area contributed by atoms with Crippen LogP contribution in [0.4, 0.5) is 0 Å². The molecule has 4 fully saturated rings.